The molecule has 0 aliphatic rings. The molecule has 0 rings (SSSR count). The number of aliphatic carboxylic acids is 1. The molecule has 0 radical (unpaired) electrons. The van der Waals surface area contributed by atoms with Crippen LogP contribution in [0.25, 0.3) is 0 Å². The third kappa shape index (κ3) is 22.1. The molecule has 0 saturated heterocycles. The van der Waals surface area contributed by atoms with Gasteiger partial charge < -0.3 is 20.4 Å². The zero-order valence-corrected chi connectivity index (χ0v) is 19.8. The van der Waals surface area contributed by atoms with Gasteiger partial charge in [-0.2, -0.15) is 0 Å². The Morgan fingerprint density at radius 1 is 0.815 bits per heavy atom. The fourth-order valence-corrected chi connectivity index (χ4v) is 2.97. The van der Waals surface area contributed by atoms with E-state index in [1.165, 1.54) is 77.0 Å². The van der Waals surface area contributed by atoms with Crippen LogP contribution < -0.4 is 40.4 Å². The Balaban J connectivity index is 0. The van der Waals surface area contributed by atoms with Gasteiger partial charge in [-0.15, -0.1) is 0 Å². The third-order valence-electron chi connectivity index (χ3n) is 4.70. The summed E-state index contributed by atoms with van der Waals surface area (Å²) in [5.74, 6) is -1.71. The van der Waals surface area contributed by atoms with Gasteiger partial charge in [-0.25, -0.2) is 0 Å². The van der Waals surface area contributed by atoms with E-state index in [1.54, 1.807) is 0 Å². The van der Waals surface area contributed by atoms with Crippen molar-refractivity contribution >= 4 is 11.9 Å². The van der Waals surface area contributed by atoms with E-state index in [0.29, 0.717) is 6.61 Å². The molecule has 0 saturated carbocycles. The molecule has 2 N–H and O–H groups in total. The zero-order chi connectivity index (χ0) is 19.5. The summed E-state index contributed by atoms with van der Waals surface area (Å²) in [7, 11) is 0. The Labute approximate surface area is 188 Å². The average molecular weight is 394 g/mol. The van der Waals surface area contributed by atoms with Crippen LogP contribution in [-0.2, 0) is 14.3 Å². The van der Waals surface area contributed by atoms with E-state index in [-0.39, 0.29) is 42.4 Å². The Morgan fingerprint density at radius 3 is 1.63 bits per heavy atom. The normalized spacial score (nSPS) is 11.6. The number of hydrogen-bond acceptors (Lipinski definition) is 5. The van der Waals surface area contributed by atoms with Crippen LogP contribution in [0.1, 0.15) is 110 Å². The smallest absolute Gasteiger partial charge is 0.550 e. The van der Waals surface area contributed by atoms with Crippen LogP contribution in [0.15, 0.2) is 0 Å². The summed E-state index contributed by atoms with van der Waals surface area (Å²) < 4.78 is 5.07. The molecule has 6 heteroatoms. The first-order valence-electron chi connectivity index (χ1n) is 10.7. The number of esters is 1. The molecule has 0 aromatic carbocycles. The van der Waals surface area contributed by atoms with Gasteiger partial charge in [0.25, 0.3) is 0 Å². The minimum atomic E-state index is -1.19. The number of hydrogen-bond donors (Lipinski definition) is 1. The van der Waals surface area contributed by atoms with Crippen molar-refractivity contribution in [1.82, 2.24) is 0 Å². The molecule has 0 spiro atoms. The maximum absolute atomic E-state index is 11.5. The Bertz CT molecular complexity index is 353. The van der Waals surface area contributed by atoms with Gasteiger partial charge >= 0.3 is 35.5 Å². The molecule has 0 bridgehead atoms. The van der Waals surface area contributed by atoms with E-state index in [4.69, 9.17) is 10.5 Å². The van der Waals surface area contributed by atoms with Crippen LogP contribution in [0.5, 0.6) is 0 Å². The molecule has 0 unspecified atom stereocenters. The molecule has 27 heavy (non-hydrogen) atoms. The summed E-state index contributed by atoms with van der Waals surface area (Å²) >= 11 is 0. The van der Waals surface area contributed by atoms with Gasteiger partial charge in [-0.05, 0) is 19.3 Å². The van der Waals surface area contributed by atoms with E-state index < -0.39 is 18.0 Å². The fraction of sp³-hybridized carbons (Fsp3) is 0.905. The van der Waals surface area contributed by atoms with Gasteiger partial charge in [0.1, 0.15) is 6.04 Å². The number of carboxylic acids is 1. The summed E-state index contributed by atoms with van der Waals surface area (Å²) in [6, 6.07) is -0.862. The Morgan fingerprint density at radius 2 is 1.22 bits per heavy atom. The Kier molecular flexibility index (Phi) is 23.9. The zero-order valence-electron chi connectivity index (χ0n) is 17.8. The van der Waals surface area contributed by atoms with Crippen molar-refractivity contribution in [3.63, 3.8) is 0 Å². The van der Waals surface area contributed by atoms with Crippen LogP contribution >= 0.6 is 0 Å². The van der Waals surface area contributed by atoms with Crippen LogP contribution in [0, 0.1) is 0 Å². The van der Waals surface area contributed by atoms with Crippen molar-refractivity contribution in [2.75, 3.05) is 6.61 Å². The van der Waals surface area contributed by atoms with Gasteiger partial charge in [-0.1, -0.05) is 90.4 Å². The second-order valence-electron chi connectivity index (χ2n) is 7.28. The SMILES string of the molecule is CCCCCCCCCCCCCCCCOC(=O)[C@@H](N)CCC(=O)[O-].[Na+]. The number of carbonyl (C=O) groups is 2. The number of ether oxygens (including phenoxy) is 1. The van der Waals surface area contributed by atoms with Crippen LogP contribution in [0.2, 0.25) is 0 Å². The second kappa shape index (κ2) is 22.2. The molecule has 0 aliphatic heterocycles. The number of carbonyl (C=O) groups excluding carboxylic acids is 2. The van der Waals surface area contributed by atoms with E-state index in [0.717, 1.165) is 12.8 Å². The fourth-order valence-electron chi connectivity index (χ4n) is 2.97. The molecule has 0 aromatic heterocycles. The third-order valence-corrected chi connectivity index (χ3v) is 4.70. The van der Waals surface area contributed by atoms with Gasteiger partial charge in [0, 0.05) is 5.97 Å². The first kappa shape index (κ1) is 29.1. The van der Waals surface area contributed by atoms with Crippen LogP contribution in [-0.4, -0.2) is 24.6 Å². The quantitative estimate of drug-likeness (QED) is 0.200. The van der Waals surface area contributed by atoms with Crippen molar-refractivity contribution < 1.29 is 49.0 Å². The molecular formula is C21H40NNaO4. The summed E-state index contributed by atoms with van der Waals surface area (Å²) in [6.45, 7) is 2.63. The molecule has 0 aliphatic carbocycles. The van der Waals surface area contributed by atoms with E-state index in [9.17, 15) is 14.7 Å². The molecule has 0 aromatic rings. The molecule has 154 valence electrons. The van der Waals surface area contributed by atoms with Crippen molar-refractivity contribution in [3.05, 3.63) is 0 Å². The standard InChI is InChI=1S/C21H41NO4.Na/c1-2-3-4-5-6-7-8-9-10-11-12-13-14-15-18-26-21(25)19(22)16-17-20(23)24;/h19H,2-18,22H2,1H3,(H,23,24);/q;+1/p-1/t19-;/m0./s1. The monoisotopic (exact) mass is 393 g/mol. The molecule has 5 nitrogen and oxygen atoms in total. The maximum Gasteiger partial charge on any atom is 1.00 e. The summed E-state index contributed by atoms with van der Waals surface area (Å²) in [5, 5.41) is 10.3. The van der Waals surface area contributed by atoms with E-state index in [1.807, 2.05) is 0 Å². The van der Waals surface area contributed by atoms with E-state index >= 15 is 0 Å². The first-order valence-corrected chi connectivity index (χ1v) is 10.7. The summed E-state index contributed by atoms with van der Waals surface area (Å²) in [5.41, 5.74) is 5.56. The second-order valence-corrected chi connectivity index (χ2v) is 7.28. The minimum Gasteiger partial charge on any atom is -0.550 e. The average Bonchev–Trinajstić information content (AvgIpc) is 2.62. The van der Waals surface area contributed by atoms with E-state index in [2.05, 4.69) is 6.92 Å². The minimum absolute atomic E-state index is 0. The van der Waals surface area contributed by atoms with Gasteiger partial charge in [0.05, 0.1) is 6.61 Å². The maximum atomic E-state index is 11.5. The van der Waals surface area contributed by atoms with Crippen LogP contribution in [0.3, 0.4) is 0 Å². The van der Waals surface area contributed by atoms with Gasteiger partial charge in [-0.3, -0.25) is 4.79 Å². The first-order chi connectivity index (χ1) is 12.6. The number of unbranched alkanes of at least 4 members (excludes halogenated alkanes) is 13. The topological polar surface area (TPSA) is 92.5 Å². The molecule has 1 atom stereocenters. The molecule has 0 heterocycles. The molecule has 0 fully saturated rings. The van der Waals surface area contributed by atoms with Gasteiger partial charge in [0.15, 0.2) is 0 Å². The molecular weight excluding hydrogens is 353 g/mol. The number of rotatable bonds is 19. The number of carboxylic acid groups (broad SMARTS) is 1. The summed E-state index contributed by atoms with van der Waals surface area (Å²) in [4.78, 5) is 21.8. The van der Waals surface area contributed by atoms with Crippen molar-refractivity contribution in [3.8, 4) is 0 Å². The van der Waals surface area contributed by atoms with Crippen molar-refractivity contribution in [2.24, 2.45) is 5.73 Å². The van der Waals surface area contributed by atoms with Crippen molar-refractivity contribution in [1.29, 1.82) is 0 Å². The van der Waals surface area contributed by atoms with Crippen LogP contribution in [0.4, 0.5) is 0 Å². The molecule has 0 amide bonds. The Hall–Kier alpha value is -0.100. The van der Waals surface area contributed by atoms with Crippen molar-refractivity contribution in [2.45, 2.75) is 116 Å². The van der Waals surface area contributed by atoms with Gasteiger partial charge in [0.2, 0.25) is 0 Å². The summed E-state index contributed by atoms with van der Waals surface area (Å²) in [6.07, 6.45) is 17.8. The predicted octanol–water partition coefficient (Wildman–Crippen LogP) is 0.872. The largest absolute Gasteiger partial charge is 1.00 e. The predicted molar refractivity (Wildman–Crippen MR) is 103 cm³/mol. The number of nitrogens with two attached hydrogens (primary N) is 1.